The van der Waals surface area contributed by atoms with E-state index in [0.717, 1.165) is 0 Å². The van der Waals surface area contributed by atoms with Gasteiger partial charge in [0, 0.05) is 0 Å². The number of halogens is 1. The quantitative estimate of drug-likeness (QED) is 0.306. The van der Waals surface area contributed by atoms with Crippen molar-refractivity contribution in [1.29, 1.82) is 0 Å². The van der Waals surface area contributed by atoms with Crippen LogP contribution in [0.25, 0.3) is 0 Å². The minimum atomic E-state index is -5.14. The molecule has 0 spiro atoms. The largest absolute Gasteiger partial charge is 2.00 e. The van der Waals surface area contributed by atoms with Crippen molar-refractivity contribution in [3.8, 4) is 0 Å². The molecule has 0 aromatic rings. The third kappa shape index (κ3) is 139. The Hall–Kier alpha value is 1.52. The molecule has 4 nitrogen and oxygen atoms in total. The van der Waals surface area contributed by atoms with Gasteiger partial charge in [-0.05, 0) is 0 Å². The Bertz CT molecular complexity index is 62.2. The van der Waals surface area contributed by atoms with Gasteiger partial charge in [0.15, 0.2) is 0 Å². The van der Waals surface area contributed by atoms with Crippen LogP contribution in [0.4, 0.5) is 0 Å². The van der Waals surface area contributed by atoms with E-state index in [-0.39, 0.29) is 48.3 Å². The Balaban J connectivity index is -0.0000000267. The van der Waals surface area contributed by atoms with Gasteiger partial charge in [-0.15, -0.1) is 0 Å². The monoisotopic (exact) mass is 194 g/mol. The molecule has 0 unspecified atom stereocenters. The second kappa shape index (κ2) is 8.52. The Labute approximate surface area is 75.4 Å². The molecule has 0 aliphatic heterocycles. The van der Waals surface area contributed by atoms with Crippen molar-refractivity contribution >= 4 is 7.82 Å². The van der Waals surface area contributed by atoms with Gasteiger partial charge in [0.1, 0.15) is 0 Å². The molecule has 0 amide bonds. The summed E-state index contributed by atoms with van der Waals surface area (Å²) in [6.07, 6.45) is 0. The Morgan fingerprint density at radius 3 is 1.38 bits per heavy atom. The van der Waals surface area contributed by atoms with E-state index in [4.69, 9.17) is 19.2 Å². The van der Waals surface area contributed by atoms with E-state index in [2.05, 4.69) is 0 Å². The van der Waals surface area contributed by atoms with Crippen LogP contribution in [0.3, 0.4) is 0 Å². The number of hydrogen-bond donors (Lipinski definition) is 1. The second-order valence-electron chi connectivity index (χ2n) is 0.469. The maximum atomic E-state index is 8.66. The fourth-order valence-electron chi connectivity index (χ4n) is 0. The minimum Gasteiger partial charge on any atom is -1.00 e. The first-order chi connectivity index (χ1) is 2.00. The molecule has 46 valence electrons. The van der Waals surface area contributed by atoms with Crippen molar-refractivity contribution in [2.75, 3.05) is 0 Å². The maximum Gasteiger partial charge on any atom is 2.00 e. The minimum absolute atomic E-state index is 0. The van der Waals surface area contributed by atoms with Crippen molar-refractivity contribution in [2.24, 2.45) is 0 Å². The summed E-state index contributed by atoms with van der Waals surface area (Å²) in [6.45, 7) is 0. The molecule has 0 bridgehead atoms. The molecular weight excluding hydrogens is 193 g/mol. The third-order valence-corrected chi connectivity index (χ3v) is 0. The van der Waals surface area contributed by atoms with Gasteiger partial charge in [-0.2, -0.15) is 0 Å². The normalized spacial score (nSPS) is 7.38. The molecule has 0 rings (SSSR count). The van der Waals surface area contributed by atoms with Crippen molar-refractivity contribution in [3.63, 3.8) is 0 Å². The molecule has 0 saturated heterocycles. The summed E-state index contributed by atoms with van der Waals surface area (Å²) in [7, 11) is -5.14. The molecular formula is HClFeLiO4P. The fourth-order valence-corrected chi connectivity index (χ4v) is 0. The first-order valence-electron chi connectivity index (χ1n) is 0.748. The van der Waals surface area contributed by atoms with Crippen molar-refractivity contribution in [1.82, 2.24) is 0 Å². The topological polar surface area (TPSA) is 83.4 Å². The predicted molar refractivity (Wildman–Crippen MR) is 9.83 cm³/mol. The zero-order valence-electron chi connectivity index (χ0n) is 3.85. The van der Waals surface area contributed by atoms with Gasteiger partial charge in [0.25, 0.3) is 0 Å². The Morgan fingerprint density at radius 2 is 1.38 bits per heavy atom. The predicted octanol–water partition coefficient (Wildman–Crippen LogP) is -8.19. The summed E-state index contributed by atoms with van der Waals surface area (Å²) in [5.74, 6) is 0. The van der Waals surface area contributed by atoms with Crippen LogP contribution in [0.5, 0.6) is 0 Å². The van der Waals surface area contributed by atoms with Crippen molar-refractivity contribution in [2.45, 2.75) is 0 Å². The summed E-state index contributed by atoms with van der Waals surface area (Å²) in [6, 6.07) is 0. The van der Waals surface area contributed by atoms with E-state index in [1.807, 2.05) is 0 Å². The SMILES string of the molecule is O=P([O-])([O-])O.[Cl-].[Fe+2].[Li+]. The molecule has 0 saturated carbocycles. The molecule has 0 atom stereocenters. The van der Waals surface area contributed by atoms with Crippen molar-refractivity contribution in [3.05, 3.63) is 0 Å². The number of rotatable bonds is 0. The third-order valence-electron chi connectivity index (χ3n) is 0. The molecule has 1 N–H and O–H groups in total. The van der Waals surface area contributed by atoms with E-state index < -0.39 is 7.82 Å². The first kappa shape index (κ1) is 22.7. The maximum absolute atomic E-state index is 8.66. The molecule has 0 aromatic heterocycles. The van der Waals surface area contributed by atoms with Gasteiger partial charge in [-0.25, -0.2) is 0 Å². The van der Waals surface area contributed by atoms with Crippen LogP contribution in [0.2, 0.25) is 0 Å². The van der Waals surface area contributed by atoms with E-state index in [0.29, 0.717) is 0 Å². The van der Waals surface area contributed by atoms with Crippen LogP contribution in [0.15, 0.2) is 0 Å². The average molecular weight is 194 g/mol. The van der Waals surface area contributed by atoms with Gasteiger partial charge < -0.3 is 31.7 Å². The van der Waals surface area contributed by atoms with Crippen LogP contribution < -0.4 is 41.1 Å². The summed E-state index contributed by atoms with van der Waals surface area (Å²) in [5.41, 5.74) is 0. The van der Waals surface area contributed by atoms with E-state index in [9.17, 15) is 0 Å². The molecule has 0 aromatic carbocycles. The molecule has 0 aliphatic rings. The van der Waals surface area contributed by atoms with Gasteiger partial charge in [0.05, 0.1) is 7.82 Å². The number of phosphoric acid groups is 1. The first-order valence-corrected chi connectivity index (χ1v) is 2.24. The van der Waals surface area contributed by atoms with Crippen LogP contribution in [0.1, 0.15) is 0 Å². The van der Waals surface area contributed by atoms with E-state index in [1.165, 1.54) is 0 Å². The van der Waals surface area contributed by atoms with E-state index in [1.54, 1.807) is 0 Å². The Kier molecular flexibility index (Phi) is 24.1. The molecule has 8 heavy (non-hydrogen) atoms. The zero-order chi connectivity index (χ0) is 4.50. The molecule has 0 radical (unpaired) electrons. The van der Waals surface area contributed by atoms with Crippen LogP contribution >= 0.6 is 7.82 Å². The van der Waals surface area contributed by atoms with Crippen LogP contribution in [0, 0.1) is 0 Å². The van der Waals surface area contributed by atoms with Crippen molar-refractivity contribution < 1.29 is 67.6 Å². The summed E-state index contributed by atoms with van der Waals surface area (Å²) >= 11 is 0. The molecule has 8 heteroatoms. The molecule has 0 fully saturated rings. The van der Waals surface area contributed by atoms with Gasteiger partial charge in [0.2, 0.25) is 0 Å². The smallest absolute Gasteiger partial charge is 1.00 e. The molecule has 0 aliphatic carbocycles. The van der Waals surface area contributed by atoms with Crippen LogP contribution in [-0.4, -0.2) is 4.89 Å². The van der Waals surface area contributed by atoms with Gasteiger partial charge in [-0.3, -0.25) is 0 Å². The summed E-state index contributed by atoms with van der Waals surface area (Å²) in [5, 5.41) is 0. The fraction of sp³-hybridized carbons (Fsp3) is 0. The zero-order valence-corrected chi connectivity index (χ0v) is 6.61. The summed E-state index contributed by atoms with van der Waals surface area (Å²) < 4.78 is 8.66. The Morgan fingerprint density at radius 1 is 1.38 bits per heavy atom. The summed E-state index contributed by atoms with van der Waals surface area (Å²) in [4.78, 5) is 24.3. The molecule has 0 heterocycles. The second-order valence-corrected chi connectivity index (χ2v) is 1.41. The average Bonchev–Trinajstić information content (AvgIpc) is 0.722. The van der Waals surface area contributed by atoms with Crippen LogP contribution in [-0.2, 0) is 21.6 Å². The number of hydrogen-bond acceptors (Lipinski definition) is 3. The standard InChI is InChI=1S/ClH.Fe.Li.H3O4P/c;;;1-5(2,3)4/h1H;;;(H3,1,2,3,4)/q;+2;+1;/p-3. The van der Waals surface area contributed by atoms with E-state index >= 15 is 0 Å². The van der Waals surface area contributed by atoms with Gasteiger partial charge >= 0.3 is 35.9 Å². The van der Waals surface area contributed by atoms with Gasteiger partial charge in [-0.1, -0.05) is 0 Å².